The minimum Gasteiger partial charge on any atom is -0.496 e. The van der Waals surface area contributed by atoms with Gasteiger partial charge in [0.05, 0.1) is 18.8 Å². The summed E-state index contributed by atoms with van der Waals surface area (Å²) >= 11 is 0. The second-order valence-electron chi connectivity index (χ2n) is 16.3. The molecule has 0 aliphatic heterocycles. The number of nitrogens with one attached hydrogen (secondary N) is 1. The zero-order chi connectivity index (χ0) is 35.5. The number of aryl methyl sites for hydroxylation is 1. The molecule has 1 aromatic carbocycles. The van der Waals surface area contributed by atoms with Gasteiger partial charge in [-0.15, -0.1) is 0 Å². The standard InChI is InChI=1S/C41H57N5O4/c1-7-8-22-43-38(48)50-34-12-9-30(10-13-34)37(47)45(36-25-31(15-23-42-36)32-26-44-46(27-32)39(3,4)5)28-40-16-19-41(20-17-40,21-18-40)33-11-14-35(49-6)29(2)24-33/h11,14-15,23-27,30,34H,7-10,12-13,16-22,28H2,1-6H3,(H,43,48). The van der Waals surface area contributed by atoms with Crippen LogP contribution in [0.4, 0.5) is 10.6 Å². The number of benzene rings is 1. The number of alkyl carbamates (subject to hydrolysis) is 1. The number of anilines is 1. The van der Waals surface area contributed by atoms with Crippen molar-refractivity contribution in [1.29, 1.82) is 0 Å². The molecule has 4 aliphatic carbocycles. The monoisotopic (exact) mass is 683 g/mol. The number of rotatable bonds is 11. The van der Waals surface area contributed by atoms with Gasteiger partial charge >= 0.3 is 6.09 Å². The van der Waals surface area contributed by atoms with E-state index in [1.807, 2.05) is 28.0 Å². The highest BCUT2D eigenvalue weighted by Gasteiger charge is 2.51. The number of pyridine rings is 1. The highest BCUT2D eigenvalue weighted by atomic mass is 16.6. The zero-order valence-corrected chi connectivity index (χ0v) is 31.1. The fourth-order valence-electron chi connectivity index (χ4n) is 8.54. The van der Waals surface area contributed by atoms with Crippen molar-refractivity contribution >= 4 is 17.8 Å². The minimum atomic E-state index is -0.347. The summed E-state index contributed by atoms with van der Waals surface area (Å²) in [5.41, 5.74) is 4.77. The van der Waals surface area contributed by atoms with E-state index in [2.05, 4.69) is 75.5 Å². The number of fused-ring (bicyclic) bond motifs is 3. The molecule has 3 aromatic rings. The molecule has 4 fully saturated rings. The van der Waals surface area contributed by atoms with Crippen LogP contribution in [0.25, 0.3) is 11.1 Å². The molecule has 0 saturated heterocycles. The third-order valence-corrected chi connectivity index (χ3v) is 11.9. The van der Waals surface area contributed by atoms with Crippen LogP contribution in [-0.4, -0.2) is 53.1 Å². The number of methoxy groups -OCH3 is 1. The third kappa shape index (κ3) is 7.71. The van der Waals surface area contributed by atoms with E-state index < -0.39 is 0 Å². The number of ether oxygens (including phenoxy) is 2. The van der Waals surface area contributed by atoms with Gasteiger partial charge in [-0.05, 0) is 144 Å². The minimum absolute atomic E-state index is 0.0601. The largest absolute Gasteiger partial charge is 0.496 e. The zero-order valence-electron chi connectivity index (χ0n) is 31.1. The summed E-state index contributed by atoms with van der Waals surface area (Å²) in [6.07, 6.45) is 16.7. The Kier molecular flexibility index (Phi) is 10.6. The molecular weight excluding hydrogens is 626 g/mol. The van der Waals surface area contributed by atoms with Gasteiger partial charge < -0.3 is 14.8 Å². The van der Waals surface area contributed by atoms with Gasteiger partial charge in [-0.1, -0.05) is 25.5 Å². The SMILES string of the molecule is CCCCNC(=O)OC1CCC(C(=O)N(CC23CCC(c4ccc(OC)c(C)c4)(CC2)CC3)c2cc(-c3cnn(C(C)(C)C)c3)ccn2)CC1. The molecule has 2 amide bonds. The predicted octanol–water partition coefficient (Wildman–Crippen LogP) is 8.73. The first-order chi connectivity index (χ1) is 23.9. The molecule has 4 saturated carbocycles. The lowest BCUT2D eigenvalue weighted by Gasteiger charge is -2.55. The molecule has 270 valence electrons. The highest BCUT2D eigenvalue weighted by Crippen LogP contribution is 2.58. The topological polar surface area (TPSA) is 98.6 Å². The normalized spacial score (nSPS) is 24.8. The van der Waals surface area contributed by atoms with Crippen LogP contribution in [0.1, 0.15) is 116 Å². The second-order valence-corrected chi connectivity index (χ2v) is 16.3. The maximum atomic E-state index is 14.6. The Balaban J connectivity index is 1.21. The Morgan fingerprint density at radius 2 is 1.72 bits per heavy atom. The summed E-state index contributed by atoms with van der Waals surface area (Å²) in [4.78, 5) is 33.8. The van der Waals surface area contributed by atoms with E-state index in [9.17, 15) is 9.59 Å². The van der Waals surface area contributed by atoms with Gasteiger partial charge in [-0.25, -0.2) is 9.78 Å². The molecule has 4 aliphatic rings. The van der Waals surface area contributed by atoms with Crippen LogP contribution in [0.2, 0.25) is 0 Å². The van der Waals surface area contributed by atoms with E-state index in [-0.39, 0.29) is 40.4 Å². The lowest BCUT2D eigenvalue weighted by atomic mass is 9.51. The molecule has 50 heavy (non-hydrogen) atoms. The second kappa shape index (κ2) is 14.8. The van der Waals surface area contributed by atoms with Crippen LogP contribution in [0.15, 0.2) is 48.9 Å². The number of amides is 2. The van der Waals surface area contributed by atoms with Crippen molar-refractivity contribution in [2.75, 3.05) is 25.1 Å². The summed E-state index contributed by atoms with van der Waals surface area (Å²) in [6.45, 7) is 12.0. The first-order valence-electron chi connectivity index (χ1n) is 18.9. The Morgan fingerprint density at radius 1 is 1.00 bits per heavy atom. The van der Waals surface area contributed by atoms with Crippen molar-refractivity contribution < 1.29 is 19.1 Å². The van der Waals surface area contributed by atoms with Crippen molar-refractivity contribution in [3.63, 3.8) is 0 Å². The van der Waals surface area contributed by atoms with Crippen LogP contribution in [-0.2, 0) is 20.5 Å². The van der Waals surface area contributed by atoms with Crippen molar-refractivity contribution in [1.82, 2.24) is 20.1 Å². The number of hydrogen-bond donors (Lipinski definition) is 1. The molecule has 0 atom stereocenters. The van der Waals surface area contributed by atoms with Gasteiger partial charge in [0.2, 0.25) is 5.91 Å². The van der Waals surface area contributed by atoms with Crippen molar-refractivity contribution in [2.24, 2.45) is 11.3 Å². The molecule has 9 heteroatoms. The van der Waals surface area contributed by atoms with Gasteiger partial charge in [-0.2, -0.15) is 5.10 Å². The maximum Gasteiger partial charge on any atom is 0.407 e. The van der Waals surface area contributed by atoms with E-state index in [1.54, 1.807) is 7.11 Å². The molecule has 0 spiro atoms. The molecule has 1 N–H and O–H groups in total. The van der Waals surface area contributed by atoms with Crippen LogP contribution in [0, 0.1) is 18.3 Å². The van der Waals surface area contributed by atoms with E-state index in [1.165, 1.54) is 11.1 Å². The fraction of sp³-hybridized carbons (Fsp3) is 0.610. The number of aromatic nitrogens is 3. The number of hydrogen-bond acceptors (Lipinski definition) is 6. The van der Waals surface area contributed by atoms with Crippen LogP contribution >= 0.6 is 0 Å². The molecule has 9 nitrogen and oxygen atoms in total. The van der Waals surface area contributed by atoms with Gasteiger partial charge in [0.25, 0.3) is 0 Å². The van der Waals surface area contributed by atoms with E-state index >= 15 is 0 Å². The first kappa shape index (κ1) is 35.9. The number of nitrogens with zero attached hydrogens (tertiary/aromatic N) is 4. The van der Waals surface area contributed by atoms with Gasteiger partial charge in [0.15, 0.2) is 0 Å². The third-order valence-electron chi connectivity index (χ3n) is 11.9. The molecule has 2 heterocycles. The van der Waals surface area contributed by atoms with Crippen LogP contribution in [0.5, 0.6) is 5.75 Å². The summed E-state index contributed by atoms with van der Waals surface area (Å²) in [6, 6.07) is 10.8. The van der Waals surface area contributed by atoms with Gasteiger partial charge in [0.1, 0.15) is 17.7 Å². The smallest absolute Gasteiger partial charge is 0.407 e. The highest BCUT2D eigenvalue weighted by molar-refractivity contribution is 5.95. The van der Waals surface area contributed by atoms with E-state index in [4.69, 9.17) is 14.5 Å². The summed E-state index contributed by atoms with van der Waals surface area (Å²) in [7, 11) is 1.74. The average Bonchev–Trinajstić information content (AvgIpc) is 3.64. The van der Waals surface area contributed by atoms with Crippen LogP contribution in [0.3, 0.4) is 0 Å². The predicted molar refractivity (Wildman–Crippen MR) is 197 cm³/mol. The van der Waals surface area contributed by atoms with Crippen molar-refractivity contribution in [3.05, 3.63) is 60.0 Å². The number of carbonyl (C=O) groups is 2. The lowest BCUT2D eigenvalue weighted by Crippen LogP contribution is -2.52. The Morgan fingerprint density at radius 3 is 2.34 bits per heavy atom. The molecule has 2 aromatic heterocycles. The van der Waals surface area contributed by atoms with Crippen LogP contribution < -0.4 is 15.0 Å². The molecular formula is C41H57N5O4. The Hall–Kier alpha value is -3.88. The van der Waals surface area contributed by atoms with Gasteiger partial charge in [-0.3, -0.25) is 14.4 Å². The quantitative estimate of drug-likeness (QED) is 0.203. The summed E-state index contributed by atoms with van der Waals surface area (Å²) < 4.78 is 13.3. The number of unbranched alkanes of at least 4 members (excludes halogenated alkanes) is 1. The maximum absolute atomic E-state index is 14.6. The molecule has 2 bridgehead atoms. The molecule has 7 rings (SSSR count). The first-order valence-corrected chi connectivity index (χ1v) is 18.9. The lowest BCUT2D eigenvalue weighted by molar-refractivity contribution is -0.124. The number of carbonyl (C=O) groups excluding carboxylic acids is 2. The fourth-order valence-corrected chi connectivity index (χ4v) is 8.54. The Labute approximate surface area is 298 Å². The van der Waals surface area contributed by atoms with E-state index in [0.717, 1.165) is 68.2 Å². The van der Waals surface area contributed by atoms with Crippen molar-refractivity contribution in [3.8, 4) is 16.9 Å². The summed E-state index contributed by atoms with van der Waals surface area (Å²) in [5.74, 6) is 1.68. The molecule has 0 unspecified atom stereocenters. The summed E-state index contributed by atoms with van der Waals surface area (Å²) in [5, 5.41) is 7.49. The van der Waals surface area contributed by atoms with Crippen molar-refractivity contribution in [2.45, 2.75) is 129 Å². The Bertz CT molecular complexity index is 1630. The average molecular weight is 684 g/mol. The van der Waals surface area contributed by atoms with E-state index in [0.29, 0.717) is 44.6 Å². The molecule has 0 radical (unpaired) electrons. The van der Waals surface area contributed by atoms with Gasteiger partial charge in [0, 0.05) is 37.0 Å².